The van der Waals surface area contributed by atoms with E-state index in [0.29, 0.717) is 0 Å². The summed E-state index contributed by atoms with van der Waals surface area (Å²) in [4.78, 5) is 0. The van der Waals surface area contributed by atoms with E-state index in [2.05, 4.69) is 245 Å². The van der Waals surface area contributed by atoms with Crippen molar-refractivity contribution in [3.8, 4) is 11.1 Å². The first-order valence-electron chi connectivity index (χ1n) is 22.1. The molecule has 0 bridgehead atoms. The molecular formula is C56H62B2N2. The monoisotopic (exact) mass is 785 g/mol. The van der Waals surface area contributed by atoms with Crippen LogP contribution in [0.1, 0.15) is 39.5 Å². The first kappa shape index (κ1) is 43.3. The predicted octanol–water partition coefficient (Wildman–Crippen LogP) is 8.92. The van der Waals surface area contributed by atoms with Crippen LogP contribution in [0.2, 0.25) is 12.6 Å². The van der Waals surface area contributed by atoms with Gasteiger partial charge in [0.25, 0.3) is 0 Å². The molecule has 0 radical (unpaired) electrons. The summed E-state index contributed by atoms with van der Waals surface area (Å²) in [5.74, 6) is 0. The third-order valence-electron chi connectivity index (χ3n) is 12.5. The SMILES string of the molecule is CCCC[B-](c1ccccc1)(c1ccccc1)c1ccccc1.CCCC[B-](c1ccccc1)(c1ccccc1)c1ccccc1.C[n+]1ccc(-c2cc[n+](C)cc2)cc1. The van der Waals surface area contributed by atoms with Crippen LogP contribution in [0.3, 0.4) is 0 Å². The van der Waals surface area contributed by atoms with Crippen LogP contribution in [-0.2, 0) is 14.1 Å². The van der Waals surface area contributed by atoms with Crippen molar-refractivity contribution in [3.05, 3.63) is 231 Å². The number of hydrogen-bond donors (Lipinski definition) is 0. The van der Waals surface area contributed by atoms with E-state index in [0.717, 1.165) is 0 Å². The van der Waals surface area contributed by atoms with E-state index in [-0.39, 0.29) is 0 Å². The van der Waals surface area contributed by atoms with E-state index in [1.807, 2.05) is 23.2 Å². The van der Waals surface area contributed by atoms with Gasteiger partial charge >= 0.3 is 0 Å². The molecule has 0 aliphatic carbocycles. The van der Waals surface area contributed by atoms with E-state index in [4.69, 9.17) is 0 Å². The van der Waals surface area contributed by atoms with Gasteiger partial charge in [0.2, 0.25) is 0 Å². The van der Waals surface area contributed by atoms with E-state index in [9.17, 15) is 0 Å². The zero-order chi connectivity index (χ0) is 41.9. The van der Waals surface area contributed by atoms with Crippen LogP contribution >= 0.6 is 0 Å². The maximum Gasteiger partial charge on any atom is 0.169 e. The lowest BCUT2D eigenvalue weighted by molar-refractivity contribution is -0.671. The van der Waals surface area contributed by atoms with Gasteiger partial charge in [0.1, 0.15) is 14.1 Å². The molecule has 8 rings (SSSR count). The van der Waals surface area contributed by atoms with Gasteiger partial charge in [0.15, 0.2) is 24.8 Å². The number of unbranched alkanes of at least 4 members (excludes halogenated alkanes) is 2. The predicted molar refractivity (Wildman–Crippen MR) is 262 cm³/mol. The fourth-order valence-electron chi connectivity index (χ4n) is 9.25. The Labute approximate surface area is 361 Å². The van der Waals surface area contributed by atoms with Crippen molar-refractivity contribution < 1.29 is 9.13 Å². The number of benzene rings is 6. The summed E-state index contributed by atoms with van der Waals surface area (Å²) in [6.07, 6.45) is 13.7. The van der Waals surface area contributed by atoms with Crippen molar-refractivity contribution in [2.24, 2.45) is 14.1 Å². The molecule has 0 amide bonds. The maximum absolute atomic E-state index is 2.30. The highest BCUT2D eigenvalue weighted by Crippen LogP contribution is 2.18. The average Bonchev–Trinajstić information content (AvgIpc) is 3.33. The Hall–Kier alpha value is -6.25. The quantitative estimate of drug-likeness (QED) is 0.0816. The Bertz CT molecular complexity index is 2010. The fraction of sp³-hybridized carbons (Fsp3) is 0.179. The number of rotatable bonds is 13. The fourth-order valence-corrected chi connectivity index (χ4v) is 9.25. The first-order valence-corrected chi connectivity index (χ1v) is 22.1. The third kappa shape index (κ3) is 10.7. The molecule has 0 spiro atoms. The normalized spacial score (nSPS) is 11.1. The van der Waals surface area contributed by atoms with Crippen LogP contribution in [-0.4, -0.2) is 12.3 Å². The van der Waals surface area contributed by atoms with E-state index in [1.54, 1.807) is 0 Å². The number of nitrogens with zero attached hydrogens (tertiary/aromatic N) is 2. The highest BCUT2D eigenvalue weighted by Gasteiger charge is 2.30. The third-order valence-corrected chi connectivity index (χ3v) is 12.5. The number of aryl methyl sites for hydroxylation is 2. The number of aromatic nitrogens is 2. The van der Waals surface area contributed by atoms with E-state index >= 15 is 0 Å². The van der Waals surface area contributed by atoms with Crippen molar-refractivity contribution in [1.82, 2.24) is 0 Å². The molecule has 0 saturated carbocycles. The standard InChI is InChI=1S/2C22H24B.C12H14N2/c2*1-2-3-19-23(20-13-7-4-8-14-20,21-15-9-5-10-16-21)22-17-11-6-12-18-22;1-13-7-3-11(4-8-13)12-5-9-14(2)10-6-12/h2*4-18H,2-3,19H2,1H3;3-10H,1-2H3/q2*-1;+2. The minimum Gasteiger partial charge on any atom is -0.208 e. The van der Waals surface area contributed by atoms with Gasteiger partial charge in [-0.15, -0.1) is 0 Å². The first-order chi connectivity index (χ1) is 29.5. The molecule has 60 heavy (non-hydrogen) atoms. The Morgan fingerprint density at radius 3 is 0.683 bits per heavy atom. The summed E-state index contributed by atoms with van der Waals surface area (Å²) >= 11 is 0. The van der Waals surface area contributed by atoms with Gasteiger partial charge in [0.05, 0.1) is 12.3 Å². The molecule has 0 fully saturated rings. The van der Waals surface area contributed by atoms with Crippen molar-refractivity contribution in [2.75, 3.05) is 0 Å². The Morgan fingerprint density at radius 1 is 0.300 bits per heavy atom. The molecule has 2 heterocycles. The number of pyridine rings is 2. The molecule has 8 aromatic rings. The largest absolute Gasteiger partial charge is 0.208 e. The maximum atomic E-state index is 2.30. The molecule has 4 heteroatoms. The van der Waals surface area contributed by atoms with Gasteiger partial charge in [-0.05, 0) is 11.1 Å². The molecule has 6 aromatic carbocycles. The van der Waals surface area contributed by atoms with Crippen LogP contribution in [0.15, 0.2) is 231 Å². The van der Waals surface area contributed by atoms with Gasteiger partial charge in [-0.25, -0.2) is 9.13 Å². The molecule has 0 atom stereocenters. The molecular weight excluding hydrogens is 722 g/mol. The van der Waals surface area contributed by atoms with Gasteiger partial charge in [-0.1, -0.05) is 222 Å². The smallest absolute Gasteiger partial charge is 0.169 e. The zero-order valence-electron chi connectivity index (χ0n) is 36.2. The second-order valence-corrected chi connectivity index (χ2v) is 16.3. The minimum absolute atomic E-state index is 0.913. The van der Waals surface area contributed by atoms with Crippen LogP contribution in [0.5, 0.6) is 0 Å². The molecule has 302 valence electrons. The number of hydrogen-bond acceptors (Lipinski definition) is 0. The van der Waals surface area contributed by atoms with Crippen LogP contribution in [0, 0.1) is 0 Å². The van der Waals surface area contributed by atoms with Crippen molar-refractivity contribution in [1.29, 1.82) is 0 Å². The van der Waals surface area contributed by atoms with Crippen LogP contribution in [0.25, 0.3) is 11.1 Å². The molecule has 0 aliphatic rings. The minimum atomic E-state index is -0.913. The summed E-state index contributed by atoms with van der Waals surface area (Å²) in [5.41, 5.74) is 11.2. The lowest BCUT2D eigenvalue weighted by Gasteiger charge is -2.43. The van der Waals surface area contributed by atoms with E-state index in [1.165, 1.54) is 82.2 Å². The average molecular weight is 785 g/mol. The molecule has 0 unspecified atom stereocenters. The molecule has 2 nitrogen and oxygen atoms in total. The van der Waals surface area contributed by atoms with Crippen molar-refractivity contribution >= 4 is 45.1 Å². The second-order valence-electron chi connectivity index (χ2n) is 16.3. The summed E-state index contributed by atoms with van der Waals surface area (Å²) in [5, 5.41) is 0. The van der Waals surface area contributed by atoms with Gasteiger partial charge in [0, 0.05) is 24.3 Å². The summed E-state index contributed by atoms with van der Waals surface area (Å²) in [7, 11) is 4.05. The Kier molecular flexibility index (Phi) is 16.0. The lowest BCUT2D eigenvalue weighted by Crippen LogP contribution is -2.66. The van der Waals surface area contributed by atoms with Crippen molar-refractivity contribution in [2.45, 2.75) is 52.2 Å². The summed E-state index contributed by atoms with van der Waals surface area (Å²) in [6.45, 7) is 4.56. The highest BCUT2D eigenvalue weighted by atomic mass is 14.9. The Balaban J connectivity index is 0.000000156. The topological polar surface area (TPSA) is 7.76 Å². The van der Waals surface area contributed by atoms with Gasteiger partial charge < -0.3 is 0 Å². The second kappa shape index (κ2) is 22.2. The van der Waals surface area contributed by atoms with Gasteiger partial charge in [-0.3, -0.25) is 0 Å². The highest BCUT2D eigenvalue weighted by molar-refractivity contribution is 7.12. The van der Waals surface area contributed by atoms with Gasteiger partial charge in [-0.2, -0.15) is 45.4 Å². The Morgan fingerprint density at radius 2 is 0.500 bits per heavy atom. The molecule has 2 aromatic heterocycles. The summed E-state index contributed by atoms with van der Waals surface area (Å²) < 4.78 is 4.07. The lowest BCUT2D eigenvalue weighted by atomic mass is 9.14. The zero-order valence-corrected chi connectivity index (χ0v) is 36.2. The molecule has 0 aliphatic heterocycles. The van der Waals surface area contributed by atoms with Crippen LogP contribution < -0.4 is 41.9 Å². The van der Waals surface area contributed by atoms with E-state index < -0.39 is 12.3 Å². The molecule has 0 saturated heterocycles. The van der Waals surface area contributed by atoms with Crippen molar-refractivity contribution in [3.63, 3.8) is 0 Å². The summed E-state index contributed by atoms with van der Waals surface area (Å²) in [6, 6.07) is 74.8. The van der Waals surface area contributed by atoms with Crippen LogP contribution in [0.4, 0.5) is 0 Å². The molecule has 0 N–H and O–H groups in total.